The van der Waals surface area contributed by atoms with Gasteiger partial charge in [-0.25, -0.2) is 13.2 Å². The first-order valence-corrected chi connectivity index (χ1v) is 6.63. The zero-order valence-corrected chi connectivity index (χ0v) is 11.4. The molecule has 2 aromatic carbocycles. The number of ether oxygens (including phenoxy) is 1. The Bertz CT molecular complexity index is 546. The average Bonchev–Trinajstić information content (AvgIpc) is 2.39. The molecular weight excluding hydrogens is 321 g/mol. The zero-order valence-electron chi connectivity index (χ0n) is 9.80. The molecule has 0 spiro atoms. The molecule has 0 saturated carbocycles. The quantitative estimate of drug-likeness (QED) is 0.746. The number of hydrogen-bond donors (Lipinski definition) is 0. The molecule has 0 atom stereocenters. The summed E-state index contributed by atoms with van der Waals surface area (Å²) in [5.74, 6) is -2.30. The fourth-order valence-corrected chi connectivity index (χ4v) is 1.89. The molecular formula is C14H10BrF3O. The SMILES string of the molecule is Fc1ccc(COc2c(F)cc(CBr)cc2F)cc1. The van der Waals surface area contributed by atoms with Crippen LogP contribution in [0.2, 0.25) is 0 Å². The summed E-state index contributed by atoms with van der Waals surface area (Å²) >= 11 is 3.12. The van der Waals surface area contributed by atoms with Gasteiger partial charge < -0.3 is 4.74 Å². The van der Waals surface area contributed by atoms with Gasteiger partial charge in [0.05, 0.1) is 0 Å². The van der Waals surface area contributed by atoms with Crippen LogP contribution < -0.4 is 4.74 Å². The van der Waals surface area contributed by atoms with Gasteiger partial charge in [0.15, 0.2) is 17.4 Å². The van der Waals surface area contributed by atoms with Crippen LogP contribution in [0.3, 0.4) is 0 Å². The minimum atomic E-state index is -0.753. The van der Waals surface area contributed by atoms with E-state index in [4.69, 9.17) is 4.74 Å². The lowest BCUT2D eigenvalue weighted by Gasteiger charge is -2.09. The Morgan fingerprint density at radius 2 is 1.47 bits per heavy atom. The predicted octanol–water partition coefficient (Wildman–Crippen LogP) is 4.58. The van der Waals surface area contributed by atoms with Crippen LogP contribution in [0.4, 0.5) is 13.2 Å². The summed E-state index contributed by atoms with van der Waals surface area (Å²) in [5, 5.41) is 0.360. The molecule has 0 bridgehead atoms. The van der Waals surface area contributed by atoms with E-state index in [1.165, 1.54) is 36.4 Å². The average molecular weight is 331 g/mol. The highest BCUT2D eigenvalue weighted by molar-refractivity contribution is 9.08. The van der Waals surface area contributed by atoms with Crippen molar-refractivity contribution in [3.63, 3.8) is 0 Å². The van der Waals surface area contributed by atoms with Gasteiger partial charge in [0.25, 0.3) is 0 Å². The lowest BCUT2D eigenvalue weighted by Crippen LogP contribution is -2.01. The maximum Gasteiger partial charge on any atom is 0.191 e. The van der Waals surface area contributed by atoms with Gasteiger partial charge in [-0.3, -0.25) is 0 Å². The summed E-state index contributed by atoms with van der Waals surface area (Å²) in [6.45, 7) is -0.0260. The number of benzene rings is 2. The van der Waals surface area contributed by atoms with Crippen LogP contribution in [0.25, 0.3) is 0 Å². The summed E-state index contributed by atoms with van der Waals surface area (Å²) < 4.78 is 45.0. The molecule has 0 fully saturated rings. The highest BCUT2D eigenvalue weighted by Crippen LogP contribution is 2.25. The van der Waals surface area contributed by atoms with Crippen LogP contribution in [0, 0.1) is 17.5 Å². The van der Waals surface area contributed by atoms with E-state index in [-0.39, 0.29) is 12.4 Å². The van der Waals surface area contributed by atoms with Crippen molar-refractivity contribution in [2.24, 2.45) is 0 Å². The molecule has 0 heterocycles. The van der Waals surface area contributed by atoms with E-state index in [1.54, 1.807) is 0 Å². The Kier molecular flexibility index (Phi) is 4.47. The van der Waals surface area contributed by atoms with Crippen molar-refractivity contribution in [2.75, 3.05) is 0 Å². The van der Waals surface area contributed by atoms with Crippen molar-refractivity contribution < 1.29 is 17.9 Å². The topological polar surface area (TPSA) is 9.23 Å². The third-order valence-electron chi connectivity index (χ3n) is 2.51. The zero-order chi connectivity index (χ0) is 13.8. The van der Waals surface area contributed by atoms with Crippen LogP contribution in [-0.4, -0.2) is 0 Å². The van der Waals surface area contributed by atoms with Crippen LogP contribution >= 0.6 is 15.9 Å². The Morgan fingerprint density at radius 3 is 2.00 bits per heavy atom. The van der Waals surface area contributed by atoms with Crippen LogP contribution in [0.15, 0.2) is 36.4 Å². The van der Waals surface area contributed by atoms with Crippen molar-refractivity contribution in [3.05, 3.63) is 65.0 Å². The summed E-state index contributed by atoms with van der Waals surface area (Å²) in [6, 6.07) is 7.93. The Hall–Kier alpha value is -1.49. The maximum absolute atomic E-state index is 13.6. The molecule has 1 nitrogen and oxygen atoms in total. The van der Waals surface area contributed by atoms with E-state index < -0.39 is 17.4 Å². The summed E-state index contributed by atoms with van der Waals surface area (Å²) in [4.78, 5) is 0. The molecule has 2 aromatic rings. The molecule has 0 radical (unpaired) electrons. The van der Waals surface area contributed by atoms with E-state index in [0.29, 0.717) is 16.5 Å². The summed E-state index contributed by atoms with van der Waals surface area (Å²) in [5.41, 5.74) is 1.12. The molecule has 0 aliphatic carbocycles. The van der Waals surface area contributed by atoms with Gasteiger partial charge >= 0.3 is 0 Å². The monoisotopic (exact) mass is 330 g/mol. The standard InChI is InChI=1S/C14H10BrF3O/c15-7-10-5-12(17)14(13(18)6-10)19-8-9-1-3-11(16)4-2-9/h1-6H,7-8H2. The summed E-state index contributed by atoms with van der Waals surface area (Å²) in [7, 11) is 0. The van der Waals surface area contributed by atoms with Gasteiger partial charge in [-0.1, -0.05) is 28.1 Å². The van der Waals surface area contributed by atoms with Gasteiger partial charge in [-0.15, -0.1) is 0 Å². The Labute approximate surface area is 117 Å². The minimum Gasteiger partial charge on any atom is -0.483 e. The van der Waals surface area contributed by atoms with Gasteiger partial charge in [-0.05, 0) is 35.4 Å². The molecule has 0 aliphatic rings. The van der Waals surface area contributed by atoms with E-state index in [1.807, 2.05) is 0 Å². The van der Waals surface area contributed by atoms with Crippen LogP contribution in [0.5, 0.6) is 5.75 Å². The predicted molar refractivity (Wildman–Crippen MR) is 69.7 cm³/mol. The van der Waals surface area contributed by atoms with Crippen molar-refractivity contribution in [1.82, 2.24) is 0 Å². The smallest absolute Gasteiger partial charge is 0.191 e. The lowest BCUT2D eigenvalue weighted by atomic mass is 10.2. The van der Waals surface area contributed by atoms with Crippen LogP contribution in [0.1, 0.15) is 11.1 Å². The first-order chi connectivity index (χ1) is 9.10. The third-order valence-corrected chi connectivity index (χ3v) is 3.16. The second-order valence-corrected chi connectivity index (χ2v) is 4.50. The Morgan fingerprint density at radius 1 is 0.895 bits per heavy atom. The van der Waals surface area contributed by atoms with Crippen molar-refractivity contribution in [3.8, 4) is 5.75 Å². The molecule has 100 valence electrons. The third kappa shape index (κ3) is 3.50. The number of hydrogen-bond acceptors (Lipinski definition) is 1. The molecule has 0 N–H and O–H groups in total. The highest BCUT2D eigenvalue weighted by atomic mass is 79.9. The normalized spacial score (nSPS) is 10.5. The van der Waals surface area contributed by atoms with Gasteiger partial charge in [0.2, 0.25) is 0 Å². The highest BCUT2D eigenvalue weighted by Gasteiger charge is 2.12. The molecule has 5 heteroatoms. The minimum absolute atomic E-state index is 0.0260. The summed E-state index contributed by atoms with van der Waals surface area (Å²) in [6.07, 6.45) is 0. The Balaban J connectivity index is 2.13. The number of alkyl halides is 1. The van der Waals surface area contributed by atoms with Crippen molar-refractivity contribution >= 4 is 15.9 Å². The number of rotatable bonds is 4. The van der Waals surface area contributed by atoms with E-state index in [9.17, 15) is 13.2 Å². The van der Waals surface area contributed by atoms with Crippen molar-refractivity contribution in [2.45, 2.75) is 11.9 Å². The first kappa shape index (κ1) is 13.9. The fourth-order valence-electron chi connectivity index (χ4n) is 1.56. The van der Waals surface area contributed by atoms with Gasteiger partial charge in [0, 0.05) is 5.33 Å². The second-order valence-electron chi connectivity index (χ2n) is 3.94. The molecule has 0 amide bonds. The van der Waals surface area contributed by atoms with E-state index in [0.717, 1.165) is 0 Å². The van der Waals surface area contributed by atoms with E-state index >= 15 is 0 Å². The largest absolute Gasteiger partial charge is 0.483 e. The number of halogens is 4. The molecule has 19 heavy (non-hydrogen) atoms. The first-order valence-electron chi connectivity index (χ1n) is 5.51. The molecule has 2 rings (SSSR count). The second kappa shape index (κ2) is 6.10. The molecule has 0 saturated heterocycles. The molecule has 0 unspecified atom stereocenters. The fraction of sp³-hybridized carbons (Fsp3) is 0.143. The lowest BCUT2D eigenvalue weighted by molar-refractivity contribution is 0.274. The maximum atomic E-state index is 13.6. The van der Waals surface area contributed by atoms with Crippen LogP contribution in [-0.2, 0) is 11.9 Å². The van der Waals surface area contributed by atoms with E-state index in [2.05, 4.69) is 15.9 Å². The molecule has 0 aliphatic heterocycles. The van der Waals surface area contributed by atoms with Gasteiger partial charge in [-0.2, -0.15) is 0 Å². The van der Waals surface area contributed by atoms with Gasteiger partial charge in [0.1, 0.15) is 12.4 Å². The van der Waals surface area contributed by atoms with Crippen molar-refractivity contribution in [1.29, 1.82) is 0 Å². The molecule has 0 aromatic heterocycles.